The molecule has 1 amide bonds. The quantitative estimate of drug-likeness (QED) is 0.667. The molecule has 0 atom stereocenters. The van der Waals surface area contributed by atoms with Crippen molar-refractivity contribution in [1.29, 1.82) is 0 Å². The lowest BCUT2D eigenvalue weighted by atomic mass is 10.1. The predicted octanol–water partition coefficient (Wildman–Crippen LogP) is 4.73. The van der Waals surface area contributed by atoms with Crippen molar-refractivity contribution in [3.05, 3.63) is 77.0 Å². The zero-order valence-electron chi connectivity index (χ0n) is 13.8. The topological polar surface area (TPSA) is 46.9 Å². The van der Waals surface area contributed by atoms with Gasteiger partial charge in [0, 0.05) is 6.07 Å². The van der Waals surface area contributed by atoms with E-state index in [9.17, 15) is 26.7 Å². The molecule has 3 rings (SSSR count). The van der Waals surface area contributed by atoms with Crippen molar-refractivity contribution in [2.75, 3.05) is 5.32 Å². The van der Waals surface area contributed by atoms with Crippen LogP contribution in [-0.4, -0.2) is 15.7 Å². The number of amides is 1. The molecule has 0 aliphatic carbocycles. The monoisotopic (exact) mass is 381 g/mol. The summed E-state index contributed by atoms with van der Waals surface area (Å²) in [5.41, 5.74) is -1.19. The normalized spacial score (nSPS) is 11.5. The van der Waals surface area contributed by atoms with Gasteiger partial charge in [-0.3, -0.25) is 4.79 Å². The Morgan fingerprint density at radius 1 is 1.07 bits per heavy atom. The van der Waals surface area contributed by atoms with Crippen molar-refractivity contribution < 1.29 is 26.7 Å². The van der Waals surface area contributed by atoms with Gasteiger partial charge in [-0.1, -0.05) is 18.2 Å². The molecule has 0 spiro atoms. The number of aromatic nitrogens is 2. The molecule has 4 nitrogen and oxygen atoms in total. The lowest BCUT2D eigenvalue weighted by molar-refractivity contribution is -0.138. The maximum atomic E-state index is 14.0. The van der Waals surface area contributed by atoms with Crippen LogP contribution in [0.3, 0.4) is 0 Å². The average Bonchev–Trinajstić information content (AvgIpc) is 3.01. The Morgan fingerprint density at radius 2 is 1.70 bits per heavy atom. The molecule has 0 bridgehead atoms. The second kappa shape index (κ2) is 6.82. The molecule has 1 heterocycles. The van der Waals surface area contributed by atoms with E-state index in [-0.39, 0.29) is 18.0 Å². The first kappa shape index (κ1) is 18.6. The Kier molecular flexibility index (Phi) is 4.69. The molecule has 0 aliphatic rings. The first-order valence-corrected chi connectivity index (χ1v) is 7.66. The van der Waals surface area contributed by atoms with Gasteiger partial charge in [0.25, 0.3) is 5.91 Å². The van der Waals surface area contributed by atoms with E-state index in [4.69, 9.17) is 0 Å². The van der Waals surface area contributed by atoms with E-state index in [0.717, 1.165) is 5.56 Å². The van der Waals surface area contributed by atoms with E-state index in [1.165, 1.54) is 16.9 Å². The standard InChI is InChI=1S/C18H12F5N3O/c1-10-4-2-3-5-14(10)26-15(6-7-24-26)25-17(27)16-12(19)8-11(9-13(16)20)18(21,22)23/h2-9H,1H3,(H,25,27). The number of hydrogen-bond acceptors (Lipinski definition) is 2. The van der Waals surface area contributed by atoms with Gasteiger partial charge in [0.05, 0.1) is 17.4 Å². The molecular weight excluding hydrogens is 369 g/mol. The van der Waals surface area contributed by atoms with Crippen molar-refractivity contribution in [1.82, 2.24) is 9.78 Å². The van der Waals surface area contributed by atoms with Crippen molar-refractivity contribution in [3.63, 3.8) is 0 Å². The van der Waals surface area contributed by atoms with Gasteiger partial charge in [-0.15, -0.1) is 0 Å². The first-order valence-electron chi connectivity index (χ1n) is 7.66. The molecule has 0 saturated carbocycles. The van der Waals surface area contributed by atoms with Crippen molar-refractivity contribution in [2.45, 2.75) is 13.1 Å². The molecule has 9 heteroatoms. The number of carbonyl (C=O) groups excluding carboxylic acids is 1. The van der Waals surface area contributed by atoms with Gasteiger partial charge in [0.15, 0.2) is 0 Å². The molecule has 0 saturated heterocycles. The maximum absolute atomic E-state index is 14.0. The zero-order chi connectivity index (χ0) is 19.8. The van der Waals surface area contributed by atoms with Gasteiger partial charge in [-0.2, -0.15) is 18.3 Å². The molecular formula is C18H12F5N3O. The van der Waals surface area contributed by atoms with Crippen LogP contribution in [0.4, 0.5) is 27.8 Å². The van der Waals surface area contributed by atoms with Crippen LogP contribution in [0.25, 0.3) is 5.69 Å². The van der Waals surface area contributed by atoms with Gasteiger partial charge in [-0.05, 0) is 30.7 Å². The highest BCUT2D eigenvalue weighted by atomic mass is 19.4. The van der Waals surface area contributed by atoms with E-state index in [2.05, 4.69) is 10.4 Å². The fourth-order valence-electron chi connectivity index (χ4n) is 2.52. The number of nitrogens with one attached hydrogen (secondary N) is 1. The van der Waals surface area contributed by atoms with Crippen LogP contribution in [0, 0.1) is 18.6 Å². The van der Waals surface area contributed by atoms with E-state index < -0.39 is 34.8 Å². The molecule has 0 radical (unpaired) electrons. The Hall–Kier alpha value is -3.23. The second-order valence-electron chi connectivity index (χ2n) is 5.68. The van der Waals surface area contributed by atoms with Gasteiger partial charge >= 0.3 is 6.18 Å². The third-order valence-corrected chi connectivity index (χ3v) is 3.82. The van der Waals surface area contributed by atoms with Gasteiger partial charge in [0.2, 0.25) is 0 Å². The number of halogens is 5. The number of aryl methyl sites for hydroxylation is 1. The number of benzene rings is 2. The fraction of sp³-hybridized carbons (Fsp3) is 0.111. The minimum absolute atomic E-state index is 0.0800. The summed E-state index contributed by atoms with van der Waals surface area (Å²) in [5.74, 6) is -4.34. The molecule has 0 aliphatic heterocycles. The summed E-state index contributed by atoms with van der Waals surface area (Å²) >= 11 is 0. The van der Waals surface area contributed by atoms with E-state index in [0.29, 0.717) is 5.69 Å². The summed E-state index contributed by atoms with van der Waals surface area (Å²) in [6.07, 6.45) is -3.57. The Bertz CT molecular complexity index is 987. The lowest BCUT2D eigenvalue weighted by Crippen LogP contribution is -2.19. The number of para-hydroxylation sites is 1. The fourth-order valence-corrected chi connectivity index (χ4v) is 2.52. The summed E-state index contributed by atoms with van der Waals surface area (Å²) in [5, 5.41) is 6.32. The van der Waals surface area contributed by atoms with Crippen molar-refractivity contribution in [2.24, 2.45) is 0 Å². The van der Waals surface area contributed by atoms with E-state index in [1.54, 1.807) is 31.2 Å². The molecule has 0 unspecified atom stereocenters. The van der Waals surface area contributed by atoms with Crippen molar-refractivity contribution >= 4 is 11.7 Å². The van der Waals surface area contributed by atoms with Crippen molar-refractivity contribution in [3.8, 4) is 5.69 Å². The predicted molar refractivity (Wildman–Crippen MR) is 87.6 cm³/mol. The summed E-state index contributed by atoms with van der Waals surface area (Å²) in [6, 6.07) is 8.62. The highest BCUT2D eigenvalue weighted by Gasteiger charge is 2.33. The molecule has 2 aromatic carbocycles. The van der Waals surface area contributed by atoms with Crippen LogP contribution >= 0.6 is 0 Å². The minimum Gasteiger partial charge on any atom is -0.306 e. The number of anilines is 1. The Morgan fingerprint density at radius 3 is 2.30 bits per heavy atom. The van der Waals surface area contributed by atoms with E-state index in [1.807, 2.05) is 0 Å². The van der Waals surface area contributed by atoms with Crippen LogP contribution in [0.15, 0.2) is 48.7 Å². The molecule has 1 aromatic heterocycles. The molecule has 27 heavy (non-hydrogen) atoms. The minimum atomic E-state index is -4.93. The zero-order valence-corrected chi connectivity index (χ0v) is 13.8. The number of nitrogens with zero attached hydrogens (tertiary/aromatic N) is 2. The van der Waals surface area contributed by atoms with E-state index >= 15 is 0 Å². The summed E-state index contributed by atoms with van der Waals surface area (Å²) < 4.78 is 67.2. The van der Waals surface area contributed by atoms with Crippen LogP contribution in [0.1, 0.15) is 21.5 Å². The number of hydrogen-bond donors (Lipinski definition) is 1. The molecule has 1 N–H and O–H groups in total. The third-order valence-electron chi connectivity index (χ3n) is 3.82. The van der Waals surface area contributed by atoms with Crippen LogP contribution in [-0.2, 0) is 6.18 Å². The Labute approximate surface area is 150 Å². The van der Waals surface area contributed by atoms with Gasteiger partial charge in [0.1, 0.15) is 23.0 Å². The molecule has 140 valence electrons. The number of rotatable bonds is 3. The number of carbonyl (C=O) groups is 1. The van der Waals surface area contributed by atoms with Gasteiger partial charge in [-0.25, -0.2) is 13.5 Å². The summed E-state index contributed by atoms with van der Waals surface area (Å²) in [4.78, 5) is 12.3. The molecule has 0 fully saturated rings. The Balaban J connectivity index is 1.94. The second-order valence-corrected chi connectivity index (χ2v) is 5.68. The smallest absolute Gasteiger partial charge is 0.306 e. The van der Waals surface area contributed by atoms with Crippen LogP contribution in [0.2, 0.25) is 0 Å². The first-order chi connectivity index (χ1) is 12.7. The van der Waals surface area contributed by atoms with Crippen LogP contribution < -0.4 is 5.32 Å². The molecule has 3 aromatic rings. The van der Waals surface area contributed by atoms with Crippen LogP contribution in [0.5, 0.6) is 0 Å². The van der Waals surface area contributed by atoms with Gasteiger partial charge < -0.3 is 5.32 Å². The summed E-state index contributed by atoms with van der Waals surface area (Å²) in [6.45, 7) is 1.80. The highest BCUT2D eigenvalue weighted by molar-refractivity contribution is 6.04. The third kappa shape index (κ3) is 3.67. The maximum Gasteiger partial charge on any atom is 0.416 e. The average molecular weight is 381 g/mol. The summed E-state index contributed by atoms with van der Waals surface area (Å²) in [7, 11) is 0. The highest BCUT2D eigenvalue weighted by Crippen LogP contribution is 2.31. The SMILES string of the molecule is Cc1ccccc1-n1nccc1NC(=O)c1c(F)cc(C(F)(F)F)cc1F. The largest absolute Gasteiger partial charge is 0.416 e. The lowest BCUT2D eigenvalue weighted by Gasteiger charge is -2.13. The number of alkyl halides is 3.